The summed E-state index contributed by atoms with van der Waals surface area (Å²) >= 11 is 0. The molecule has 37 heavy (non-hydrogen) atoms. The first-order chi connectivity index (χ1) is 18.1. The van der Waals surface area contributed by atoms with Gasteiger partial charge in [-0.2, -0.15) is 0 Å². The van der Waals surface area contributed by atoms with Crippen LogP contribution < -0.4 is 0 Å². The van der Waals surface area contributed by atoms with E-state index in [1.807, 2.05) is 0 Å². The third-order valence-electron chi connectivity index (χ3n) is 8.82. The van der Waals surface area contributed by atoms with Crippen LogP contribution >= 0.6 is 0 Å². The van der Waals surface area contributed by atoms with E-state index < -0.39 is 0 Å². The lowest BCUT2D eigenvalue weighted by Crippen LogP contribution is -2.02. The summed E-state index contributed by atoms with van der Waals surface area (Å²) in [6.45, 7) is 4.79. The average molecular weight is 473 g/mol. The molecule has 0 heterocycles. The summed E-state index contributed by atoms with van der Waals surface area (Å²) in [4.78, 5) is 0. The van der Waals surface area contributed by atoms with Crippen LogP contribution in [0.5, 0.6) is 0 Å². The fourth-order valence-corrected chi connectivity index (χ4v) is 6.93. The standard InChI is InChI=1S/C37H28/c1-22(32-18-28-13-9-24-5-3-6-25-10-14-29(19-32)36(28)34(24)25)17-23(2)33-20-30-15-11-26-7-4-8-27-12-16-31(21-33)37(30)35(26)27/h3-16,18-23H,17H2,1-2H3/t22-,23-/m1/s1. The van der Waals surface area contributed by atoms with Gasteiger partial charge in [0, 0.05) is 0 Å². The highest BCUT2D eigenvalue weighted by Crippen LogP contribution is 2.40. The molecule has 0 N–H and O–H groups in total. The lowest BCUT2D eigenvalue weighted by atomic mass is 9.83. The van der Waals surface area contributed by atoms with Crippen LogP contribution in [0.25, 0.3) is 64.6 Å². The normalized spacial score (nSPS) is 14.1. The van der Waals surface area contributed by atoms with Crippen LogP contribution in [-0.4, -0.2) is 0 Å². The van der Waals surface area contributed by atoms with Crippen molar-refractivity contribution in [2.24, 2.45) is 0 Å². The molecular weight excluding hydrogens is 444 g/mol. The highest BCUT2D eigenvalue weighted by Gasteiger charge is 2.17. The summed E-state index contributed by atoms with van der Waals surface area (Å²) in [7, 11) is 0. The number of benzene rings is 8. The molecule has 0 unspecified atom stereocenters. The zero-order valence-corrected chi connectivity index (χ0v) is 21.3. The fraction of sp³-hybridized carbons (Fsp3) is 0.135. The van der Waals surface area contributed by atoms with Crippen molar-refractivity contribution < 1.29 is 0 Å². The SMILES string of the molecule is C[C@H](C[C@@H](C)c1cc2ccc3cccc4ccc(c1)c2c34)c1cc2ccc3cccc4ccc(c1)c2c34. The van der Waals surface area contributed by atoms with E-state index in [0.717, 1.165) is 6.42 Å². The molecule has 8 rings (SSSR count). The Hall–Kier alpha value is -4.16. The zero-order valence-electron chi connectivity index (χ0n) is 21.3. The first-order valence-corrected chi connectivity index (χ1v) is 13.5. The smallest absolute Gasteiger partial charge is 0.00266 e. The Bertz CT molecular complexity index is 1810. The van der Waals surface area contributed by atoms with E-state index in [4.69, 9.17) is 0 Å². The average Bonchev–Trinajstić information content (AvgIpc) is 2.94. The van der Waals surface area contributed by atoms with E-state index in [-0.39, 0.29) is 0 Å². The minimum atomic E-state index is 0.475. The van der Waals surface area contributed by atoms with E-state index in [2.05, 4.69) is 123 Å². The van der Waals surface area contributed by atoms with Crippen LogP contribution in [-0.2, 0) is 0 Å². The van der Waals surface area contributed by atoms with Crippen molar-refractivity contribution in [1.82, 2.24) is 0 Å². The molecule has 176 valence electrons. The van der Waals surface area contributed by atoms with E-state index in [9.17, 15) is 0 Å². The first-order valence-electron chi connectivity index (χ1n) is 13.5. The monoisotopic (exact) mass is 472 g/mol. The summed E-state index contributed by atoms with van der Waals surface area (Å²) in [5.74, 6) is 0.949. The van der Waals surface area contributed by atoms with Crippen LogP contribution in [0.15, 0.2) is 109 Å². The predicted octanol–water partition coefficient (Wildman–Crippen LogP) is 10.8. The molecule has 2 atom stereocenters. The molecule has 0 aliphatic heterocycles. The second-order valence-corrected chi connectivity index (χ2v) is 11.1. The fourth-order valence-electron chi connectivity index (χ4n) is 6.93. The van der Waals surface area contributed by atoms with E-state index >= 15 is 0 Å². The summed E-state index contributed by atoms with van der Waals surface area (Å²) in [6.07, 6.45) is 1.13. The van der Waals surface area contributed by atoms with Crippen LogP contribution in [0.2, 0.25) is 0 Å². The Labute approximate surface area is 216 Å². The van der Waals surface area contributed by atoms with Crippen molar-refractivity contribution >= 4 is 64.6 Å². The van der Waals surface area contributed by atoms with Crippen LogP contribution in [0.1, 0.15) is 43.2 Å². The van der Waals surface area contributed by atoms with E-state index in [1.165, 1.54) is 75.8 Å². The molecule has 0 amide bonds. The second-order valence-electron chi connectivity index (χ2n) is 11.1. The van der Waals surface area contributed by atoms with Gasteiger partial charge in [-0.05, 0) is 94.0 Å². The van der Waals surface area contributed by atoms with Crippen molar-refractivity contribution in [1.29, 1.82) is 0 Å². The molecule has 8 aromatic carbocycles. The molecule has 0 bridgehead atoms. The molecule has 0 fully saturated rings. The van der Waals surface area contributed by atoms with Crippen molar-refractivity contribution in [3.63, 3.8) is 0 Å². The van der Waals surface area contributed by atoms with Crippen LogP contribution in [0.4, 0.5) is 0 Å². The van der Waals surface area contributed by atoms with Gasteiger partial charge >= 0.3 is 0 Å². The Morgan fingerprint density at radius 1 is 0.378 bits per heavy atom. The number of rotatable bonds is 4. The van der Waals surface area contributed by atoms with Crippen molar-refractivity contribution in [3.05, 3.63) is 120 Å². The third-order valence-corrected chi connectivity index (χ3v) is 8.82. The molecule has 8 aromatic rings. The summed E-state index contributed by atoms with van der Waals surface area (Å²) < 4.78 is 0. The van der Waals surface area contributed by atoms with Gasteiger partial charge in [0.15, 0.2) is 0 Å². The summed E-state index contributed by atoms with van der Waals surface area (Å²) in [6, 6.07) is 41.4. The van der Waals surface area contributed by atoms with Gasteiger partial charge in [-0.3, -0.25) is 0 Å². The van der Waals surface area contributed by atoms with Gasteiger partial charge in [-0.15, -0.1) is 0 Å². The second kappa shape index (κ2) is 7.67. The molecule has 0 aromatic heterocycles. The Morgan fingerprint density at radius 3 is 0.973 bits per heavy atom. The van der Waals surface area contributed by atoms with E-state index in [0.29, 0.717) is 11.8 Å². The maximum Gasteiger partial charge on any atom is -0.00266 e. The molecule has 0 saturated heterocycles. The van der Waals surface area contributed by atoms with Gasteiger partial charge in [0.1, 0.15) is 0 Å². The lowest BCUT2D eigenvalue weighted by molar-refractivity contribution is 0.594. The number of hydrogen-bond donors (Lipinski definition) is 0. The summed E-state index contributed by atoms with van der Waals surface area (Å²) in [5.41, 5.74) is 2.88. The van der Waals surface area contributed by atoms with Crippen molar-refractivity contribution in [3.8, 4) is 0 Å². The van der Waals surface area contributed by atoms with Gasteiger partial charge in [0.05, 0.1) is 0 Å². The van der Waals surface area contributed by atoms with Gasteiger partial charge in [-0.1, -0.05) is 123 Å². The third kappa shape index (κ3) is 3.09. The largest absolute Gasteiger partial charge is 0.0610 e. The van der Waals surface area contributed by atoms with Gasteiger partial charge in [0.25, 0.3) is 0 Å². The molecule has 0 heteroatoms. The Morgan fingerprint density at radius 2 is 0.649 bits per heavy atom. The maximum atomic E-state index is 2.44. The summed E-state index contributed by atoms with van der Waals surface area (Å²) in [5, 5.41) is 16.4. The minimum Gasteiger partial charge on any atom is -0.0610 e. The van der Waals surface area contributed by atoms with Gasteiger partial charge < -0.3 is 0 Å². The topological polar surface area (TPSA) is 0 Å². The Balaban J connectivity index is 1.18. The van der Waals surface area contributed by atoms with Crippen molar-refractivity contribution in [2.45, 2.75) is 32.1 Å². The molecule has 0 saturated carbocycles. The molecule has 0 nitrogen and oxygen atoms in total. The van der Waals surface area contributed by atoms with Gasteiger partial charge in [-0.25, -0.2) is 0 Å². The lowest BCUT2D eigenvalue weighted by Gasteiger charge is -2.21. The highest BCUT2D eigenvalue weighted by atomic mass is 14.2. The first kappa shape index (κ1) is 21.0. The molecule has 0 aliphatic rings. The van der Waals surface area contributed by atoms with E-state index in [1.54, 1.807) is 0 Å². The van der Waals surface area contributed by atoms with Crippen molar-refractivity contribution in [2.75, 3.05) is 0 Å². The minimum absolute atomic E-state index is 0.475. The predicted molar refractivity (Wildman–Crippen MR) is 162 cm³/mol. The quantitative estimate of drug-likeness (QED) is 0.223. The molecule has 0 radical (unpaired) electrons. The molecular formula is C37H28. The molecule has 0 aliphatic carbocycles. The molecule has 0 spiro atoms. The van der Waals surface area contributed by atoms with Crippen LogP contribution in [0.3, 0.4) is 0 Å². The van der Waals surface area contributed by atoms with Crippen LogP contribution in [0, 0.1) is 0 Å². The Kier molecular flexibility index (Phi) is 4.35. The zero-order chi connectivity index (χ0) is 24.7. The highest BCUT2D eigenvalue weighted by molar-refractivity contribution is 6.24. The maximum absolute atomic E-state index is 2.44. The number of hydrogen-bond acceptors (Lipinski definition) is 0. The van der Waals surface area contributed by atoms with Gasteiger partial charge in [0.2, 0.25) is 0 Å².